The SMILES string of the molecule is Cc1ccc(C#CCN)c(NC(=O)N2CCOCC2)c1. The van der Waals surface area contributed by atoms with Gasteiger partial charge in [0.2, 0.25) is 0 Å². The molecule has 5 heteroatoms. The van der Waals surface area contributed by atoms with Crippen LogP contribution in [0.3, 0.4) is 0 Å². The normalized spacial score (nSPS) is 14.4. The van der Waals surface area contributed by atoms with Crippen LogP contribution in [0.5, 0.6) is 0 Å². The van der Waals surface area contributed by atoms with E-state index in [1.165, 1.54) is 0 Å². The molecule has 1 aliphatic rings. The van der Waals surface area contributed by atoms with E-state index in [1.54, 1.807) is 4.90 Å². The van der Waals surface area contributed by atoms with E-state index in [9.17, 15) is 4.79 Å². The molecule has 1 fully saturated rings. The number of ether oxygens (including phenoxy) is 1. The Bertz CT molecular complexity index is 540. The van der Waals surface area contributed by atoms with Crippen molar-refractivity contribution < 1.29 is 9.53 Å². The summed E-state index contributed by atoms with van der Waals surface area (Å²) in [4.78, 5) is 13.9. The average molecular weight is 273 g/mol. The van der Waals surface area contributed by atoms with Gasteiger partial charge in [-0.1, -0.05) is 17.9 Å². The molecule has 1 heterocycles. The second kappa shape index (κ2) is 6.94. The van der Waals surface area contributed by atoms with E-state index in [-0.39, 0.29) is 6.03 Å². The maximum absolute atomic E-state index is 12.2. The Morgan fingerprint density at radius 2 is 2.20 bits per heavy atom. The van der Waals surface area contributed by atoms with Gasteiger partial charge in [0.05, 0.1) is 25.4 Å². The largest absolute Gasteiger partial charge is 0.378 e. The quantitative estimate of drug-likeness (QED) is 0.755. The lowest BCUT2D eigenvalue weighted by Gasteiger charge is -2.27. The van der Waals surface area contributed by atoms with Crippen LogP contribution in [0.15, 0.2) is 18.2 Å². The third-order valence-corrected chi connectivity index (χ3v) is 3.04. The van der Waals surface area contributed by atoms with Crippen LogP contribution in [-0.4, -0.2) is 43.8 Å². The van der Waals surface area contributed by atoms with Gasteiger partial charge < -0.3 is 20.7 Å². The third-order valence-electron chi connectivity index (χ3n) is 3.04. The zero-order valence-electron chi connectivity index (χ0n) is 11.6. The molecule has 2 amide bonds. The highest BCUT2D eigenvalue weighted by molar-refractivity contribution is 5.91. The molecule has 2 rings (SSSR count). The summed E-state index contributed by atoms with van der Waals surface area (Å²) in [6.07, 6.45) is 0. The van der Waals surface area contributed by atoms with Crippen molar-refractivity contribution in [1.29, 1.82) is 0 Å². The summed E-state index contributed by atoms with van der Waals surface area (Å²) in [5, 5.41) is 2.92. The van der Waals surface area contributed by atoms with E-state index in [0.717, 1.165) is 16.8 Å². The Morgan fingerprint density at radius 3 is 2.90 bits per heavy atom. The van der Waals surface area contributed by atoms with Gasteiger partial charge in [-0.05, 0) is 24.6 Å². The van der Waals surface area contributed by atoms with Crippen LogP contribution in [0.1, 0.15) is 11.1 Å². The molecule has 0 unspecified atom stereocenters. The van der Waals surface area contributed by atoms with Crippen LogP contribution in [-0.2, 0) is 4.74 Å². The summed E-state index contributed by atoms with van der Waals surface area (Å²) in [6, 6.07) is 5.66. The summed E-state index contributed by atoms with van der Waals surface area (Å²) in [5.74, 6) is 5.79. The van der Waals surface area contributed by atoms with Crippen molar-refractivity contribution in [3.05, 3.63) is 29.3 Å². The van der Waals surface area contributed by atoms with Crippen LogP contribution >= 0.6 is 0 Å². The number of hydrogen-bond acceptors (Lipinski definition) is 3. The van der Waals surface area contributed by atoms with Gasteiger partial charge in [-0.2, -0.15) is 0 Å². The van der Waals surface area contributed by atoms with Crippen LogP contribution in [0.25, 0.3) is 0 Å². The Kier molecular flexibility index (Phi) is 4.99. The van der Waals surface area contributed by atoms with Crippen molar-refractivity contribution in [3.8, 4) is 11.8 Å². The number of nitrogens with two attached hydrogens (primary N) is 1. The summed E-state index contributed by atoms with van der Waals surface area (Å²) in [6.45, 7) is 4.67. The predicted molar refractivity (Wildman–Crippen MR) is 78.5 cm³/mol. The van der Waals surface area contributed by atoms with Crippen molar-refractivity contribution in [2.24, 2.45) is 5.73 Å². The Labute approximate surface area is 119 Å². The number of morpholine rings is 1. The second-order valence-corrected chi connectivity index (χ2v) is 4.58. The van der Waals surface area contributed by atoms with Crippen molar-refractivity contribution >= 4 is 11.7 Å². The standard InChI is InChI=1S/C15H19N3O2/c1-12-4-5-13(3-2-6-16)14(11-12)17-15(19)18-7-9-20-10-8-18/h4-5,11H,6-10,16H2,1H3,(H,17,19). The molecule has 0 bridgehead atoms. The first-order valence-electron chi connectivity index (χ1n) is 6.64. The number of hydrogen-bond donors (Lipinski definition) is 2. The molecule has 1 aliphatic heterocycles. The molecule has 0 atom stereocenters. The number of amides is 2. The van der Waals surface area contributed by atoms with E-state index >= 15 is 0 Å². The number of carbonyl (C=O) groups is 1. The molecular weight excluding hydrogens is 254 g/mol. The van der Waals surface area contributed by atoms with Crippen LogP contribution in [0, 0.1) is 18.8 Å². The highest BCUT2D eigenvalue weighted by Crippen LogP contribution is 2.17. The van der Waals surface area contributed by atoms with Gasteiger partial charge in [0.1, 0.15) is 0 Å². The maximum atomic E-state index is 12.2. The lowest BCUT2D eigenvalue weighted by molar-refractivity contribution is 0.0564. The summed E-state index contributed by atoms with van der Waals surface area (Å²) >= 11 is 0. The number of benzene rings is 1. The fourth-order valence-electron chi connectivity index (χ4n) is 1.98. The van der Waals surface area contributed by atoms with Crippen molar-refractivity contribution in [2.75, 3.05) is 38.2 Å². The zero-order valence-corrected chi connectivity index (χ0v) is 11.6. The van der Waals surface area contributed by atoms with E-state index in [1.807, 2.05) is 25.1 Å². The fraction of sp³-hybridized carbons (Fsp3) is 0.400. The van der Waals surface area contributed by atoms with Gasteiger partial charge in [-0.15, -0.1) is 0 Å². The molecule has 0 saturated carbocycles. The molecule has 0 aliphatic carbocycles. The van der Waals surface area contributed by atoms with Crippen molar-refractivity contribution in [1.82, 2.24) is 4.90 Å². The lowest BCUT2D eigenvalue weighted by Crippen LogP contribution is -2.43. The molecule has 0 aromatic heterocycles. The number of nitrogens with zero attached hydrogens (tertiary/aromatic N) is 1. The number of carbonyl (C=O) groups excluding carboxylic acids is 1. The average Bonchev–Trinajstić information content (AvgIpc) is 2.47. The van der Waals surface area contributed by atoms with E-state index < -0.39 is 0 Å². The topological polar surface area (TPSA) is 67.6 Å². The number of anilines is 1. The van der Waals surface area contributed by atoms with Crippen molar-refractivity contribution in [2.45, 2.75) is 6.92 Å². The lowest BCUT2D eigenvalue weighted by atomic mass is 10.1. The Balaban J connectivity index is 2.14. The minimum atomic E-state index is -0.116. The molecule has 106 valence electrons. The molecule has 3 N–H and O–H groups in total. The van der Waals surface area contributed by atoms with E-state index in [4.69, 9.17) is 10.5 Å². The molecule has 0 spiro atoms. The highest BCUT2D eigenvalue weighted by Gasteiger charge is 2.17. The monoisotopic (exact) mass is 273 g/mol. The molecule has 20 heavy (non-hydrogen) atoms. The Morgan fingerprint density at radius 1 is 1.45 bits per heavy atom. The first-order valence-corrected chi connectivity index (χ1v) is 6.64. The molecule has 0 radical (unpaired) electrons. The minimum Gasteiger partial charge on any atom is -0.378 e. The second-order valence-electron chi connectivity index (χ2n) is 4.58. The van der Waals surface area contributed by atoms with Gasteiger partial charge in [-0.25, -0.2) is 4.79 Å². The summed E-state index contributed by atoms with van der Waals surface area (Å²) in [5.41, 5.74) is 7.97. The van der Waals surface area contributed by atoms with Crippen LogP contribution in [0.2, 0.25) is 0 Å². The van der Waals surface area contributed by atoms with Gasteiger partial charge in [0, 0.05) is 18.7 Å². The van der Waals surface area contributed by atoms with Crippen molar-refractivity contribution in [3.63, 3.8) is 0 Å². The molecule has 1 aromatic rings. The first kappa shape index (κ1) is 14.4. The van der Waals surface area contributed by atoms with Gasteiger partial charge >= 0.3 is 6.03 Å². The zero-order chi connectivity index (χ0) is 14.4. The molecule has 1 saturated heterocycles. The maximum Gasteiger partial charge on any atom is 0.322 e. The van der Waals surface area contributed by atoms with Crippen LogP contribution < -0.4 is 11.1 Å². The Hall–Kier alpha value is -2.03. The summed E-state index contributed by atoms with van der Waals surface area (Å²) in [7, 11) is 0. The molecule has 5 nitrogen and oxygen atoms in total. The molecular formula is C15H19N3O2. The van der Waals surface area contributed by atoms with Gasteiger partial charge in [0.15, 0.2) is 0 Å². The third kappa shape index (κ3) is 3.73. The fourth-order valence-corrected chi connectivity index (χ4v) is 1.98. The number of rotatable bonds is 1. The smallest absolute Gasteiger partial charge is 0.322 e. The van der Waals surface area contributed by atoms with Gasteiger partial charge in [0.25, 0.3) is 0 Å². The van der Waals surface area contributed by atoms with E-state index in [2.05, 4.69) is 17.2 Å². The van der Waals surface area contributed by atoms with E-state index in [0.29, 0.717) is 32.8 Å². The predicted octanol–water partition coefficient (Wildman–Crippen LogP) is 1.17. The molecule has 1 aromatic carbocycles. The van der Waals surface area contributed by atoms with Gasteiger partial charge in [-0.3, -0.25) is 0 Å². The first-order chi connectivity index (χ1) is 9.70. The number of nitrogens with one attached hydrogen (secondary N) is 1. The minimum absolute atomic E-state index is 0.116. The number of aryl methyl sites for hydroxylation is 1. The number of urea groups is 1. The van der Waals surface area contributed by atoms with Crippen LogP contribution in [0.4, 0.5) is 10.5 Å². The summed E-state index contributed by atoms with van der Waals surface area (Å²) < 4.78 is 5.24. The highest BCUT2D eigenvalue weighted by atomic mass is 16.5.